The number of carbonyl (C=O) groups is 2. The van der Waals surface area contributed by atoms with Crippen molar-refractivity contribution >= 4 is 11.9 Å². The second-order valence-corrected chi connectivity index (χ2v) is 4.27. The third-order valence-corrected chi connectivity index (χ3v) is 1.96. The van der Waals surface area contributed by atoms with E-state index in [2.05, 4.69) is 0 Å². The molecule has 0 fully saturated rings. The fraction of sp³-hybridized carbons (Fsp3) is 0.429. The van der Waals surface area contributed by atoms with Crippen molar-refractivity contribution < 1.29 is 19.4 Å². The van der Waals surface area contributed by atoms with Crippen LogP contribution >= 0.6 is 0 Å². The lowest BCUT2D eigenvalue weighted by Crippen LogP contribution is -2.12. The number of carboxylic acid groups (broad SMARTS) is 1. The molecule has 0 aromatic rings. The molecular formula is C14H20O4. The Morgan fingerprint density at radius 2 is 1.94 bits per heavy atom. The number of hydrogen-bond acceptors (Lipinski definition) is 3. The highest BCUT2D eigenvalue weighted by atomic mass is 16.5. The molecule has 4 nitrogen and oxygen atoms in total. The molecule has 0 aliphatic rings. The zero-order valence-electron chi connectivity index (χ0n) is 11.3. The molecule has 4 heteroatoms. The van der Waals surface area contributed by atoms with Gasteiger partial charge in [-0.15, -0.1) is 0 Å². The summed E-state index contributed by atoms with van der Waals surface area (Å²) in [5, 5.41) is 8.79. The minimum absolute atomic E-state index is 0.0900. The number of hydrogen-bond donors (Lipinski definition) is 1. The molecule has 1 N–H and O–H groups in total. The van der Waals surface area contributed by atoms with Crippen molar-refractivity contribution in [3.8, 4) is 0 Å². The molecule has 0 atom stereocenters. The average Bonchev–Trinajstić information content (AvgIpc) is 2.30. The van der Waals surface area contributed by atoms with E-state index in [0.717, 1.165) is 0 Å². The fourth-order valence-corrected chi connectivity index (χ4v) is 0.996. The van der Waals surface area contributed by atoms with Crippen LogP contribution in [-0.4, -0.2) is 23.7 Å². The molecule has 0 aliphatic carbocycles. The molecular weight excluding hydrogens is 232 g/mol. The Balaban J connectivity index is 4.96. The van der Waals surface area contributed by atoms with Crippen LogP contribution in [0.25, 0.3) is 0 Å². The number of esters is 1. The number of ether oxygens (including phenoxy) is 1. The zero-order valence-corrected chi connectivity index (χ0v) is 11.3. The third kappa shape index (κ3) is 6.68. The Kier molecular flexibility index (Phi) is 7.43. The first kappa shape index (κ1) is 16.2. The van der Waals surface area contributed by atoms with Crippen molar-refractivity contribution in [2.24, 2.45) is 5.92 Å². The number of rotatable bonds is 6. The van der Waals surface area contributed by atoms with E-state index >= 15 is 0 Å². The molecule has 0 amide bonds. The Hall–Kier alpha value is -1.84. The van der Waals surface area contributed by atoms with Crippen LogP contribution in [0.5, 0.6) is 0 Å². The van der Waals surface area contributed by atoms with Crippen LogP contribution < -0.4 is 0 Å². The Morgan fingerprint density at radius 3 is 2.39 bits per heavy atom. The molecule has 0 spiro atoms. The van der Waals surface area contributed by atoms with Gasteiger partial charge in [0.1, 0.15) is 0 Å². The van der Waals surface area contributed by atoms with Gasteiger partial charge in [-0.25, -0.2) is 9.59 Å². The van der Waals surface area contributed by atoms with E-state index in [1.54, 1.807) is 19.1 Å². The first-order valence-corrected chi connectivity index (χ1v) is 5.80. The molecule has 0 aliphatic heterocycles. The Bertz CT molecular complexity index is 387. The van der Waals surface area contributed by atoms with Gasteiger partial charge < -0.3 is 9.84 Å². The van der Waals surface area contributed by atoms with E-state index in [9.17, 15) is 9.59 Å². The number of carbonyl (C=O) groups excluding carboxylic acids is 1. The van der Waals surface area contributed by atoms with Gasteiger partial charge in [0.2, 0.25) is 0 Å². The molecule has 0 saturated carbocycles. The van der Waals surface area contributed by atoms with Crippen LogP contribution in [0.2, 0.25) is 0 Å². The van der Waals surface area contributed by atoms with Gasteiger partial charge in [0.05, 0.1) is 12.2 Å². The normalized spacial score (nSPS) is 13.2. The van der Waals surface area contributed by atoms with Crippen LogP contribution in [-0.2, 0) is 14.3 Å². The quantitative estimate of drug-likeness (QED) is 0.448. The number of carboxylic acids is 1. The molecule has 0 radical (unpaired) electrons. The molecule has 18 heavy (non-hydrogen) atoms. The van der Waals surface area contributed by atoms with Gasteiger partial charge in [-0.3, -0.25) is 0 Å². The molecule has 0 aromatic carbocycles. The number of allylic oxidation sites excluding steroid dienone is 3. The Morgan fingerprint density at radius 1 is 1.33 bits per heavy atom. The molecule has 0 unspecified atom stereocenters. The van der Waals surface area contributed by atoms with Gasteiger partial charge in [-0.1, -0.05) is 26.0 Å². The summed E-state index contributed by atoms with van der Waals surface area (Å²) >= 11 is 0. The smallest absolute Gasteiger partial charge is 0.338 e. The highest BCUT2D eigenvalue weighted by Gasteiger charge is 2.11. The average molecular weight is 252 g/mol. The SMILES string of the molecule is CC=CC=C(C=C(C)C(=O)O)C(=O)OCC(C)C. The van der Waals surface area contributed by atoms with E-state index in [-0.39, 0.29) is 17.1 Å². The van der Waals surface area contributed by atoms with Crippen molar-refractivity contribution in [1.29, 1.82) is 0 Å². The second kappa shape index (κ2) is 8.28. The lowest BCUT2D eigenvalue weighted by atomic mass is 10.1. The van der Waals surface area contributed by atoms with Crippen molar-refractivity contribution in [1.82, 2.24) is 0 Å². The van der Waals surface area contributed by atoms with Crippen LogP contribution in [0.3, 0.4) is 0 Å². The minimum atomic E-state index is -1.06. The molecule has 0 saturated heterocycles. The van der Waals surface area contributed by atoms with Crippen LogP contribution in [0.1, 0.15) is 27.7 Å². The lowest BCUT2D eigenvalue weighted by Gasteiger charge is -2.07. The highest BCUT2D eigenvalue weighted by Crippen LogP contribution is 2.07. The monoisotopic (exact) mass is 252 g/mol. The van der Waals surface area contributed by atoms with Crippen molar-refractivity contribution in [3.63, 3.8) is 0 Å². The molecule has 0 aromatic heterocycles. The summed E-state index contributed by atoms with van der Waals surface area (Å²) in [6.07, 6.45) is 6.26. The van der Waals surface area contributed by atoms with Gasteiger partial charge in [0.25, 0.3) is 0 Å². The van der Waals surface area contributed by atoms with Gasteiger partial charge in [0, 0.05) is 5.57 Å². The standard InChI is InChI=1S/C14H20O4/c1-5-6-7-12(8-11(4)13(15)16)14(17)18-9-10(2)3/h5-8,10H,9H2,1-4H3,(H,15,16). The topological polar surface area (TPSA) is 63.6 Å². The second-order valence-electron chi connectivity index (χ2n) is 4.27. The molecule has 0 rings (SSSR count). The molecule has 0 bridgehead atoms. The predicted octanol–water partition coefficient (Wildman–Crippen LogP) is 2.72. The first-order valence-electron chi connectivity index (χ1n) is 5.80. The van der Waals surface area contributed by atoms with Gasteiger partial charge in [-0.2, -0.15) is 0 Å². The van der Waals surface area contributed by atoms with Crippen LogP contribution in [0, 0.1) is 5.92 Å². The van der Waals surface area contributed by atoms with Gasteiger partial charge in [0.15, 0.2) is 0 Å². The van der Waals surface area contributed by atoms with E-state index in [1.165, 1.54) is 19.1 Å². The number of aliphatic carboxylic acids is 1. The summed E-state index contributed by atoms with van der Waals surface area (Å²) in [7, 11) is 0. The molecule has 0 heterocycles. The zero-order chi connectivity index (χ0) is 14.1. The maximum Gasteiger partial charge on any atom is 0.338 e. The van der Waals surface area contributed by atoms with Crippen molar-refractivity contribution in [2.75, 3.05) is 6.61 Å². The summed E-state index contributed by atoms with van der Waals surface area (Å²) in [6.45, 7) is 7.41. The fourth-order valence-electron chi connectivity index (χ4n) is 0.996. The Labute approximate surface area is 108 Å². The highest BCUT2D eigenvalue weighted by molar-refractivity contribution is 5.95. The minimum Gasteiger partial charge on any atom is -0.478 e. The maximum atomic E-state index is 11.7. The summed E-state index contributed by atoms with van der Waals surface area (Å²) in [4.78, 5) is 22.5. The van der Waals surface area contributed by atoms with Crippen molar-refractivity contribution in [2.45, 2.75) is 27.7 Å². The van der Waals surface area contributed by atoms with Crippen LogP contribution in [0.4, 0.5) is 0 Å². The summed E-state index contributed by atoms with van der Waals surface area (Å²) in [5.74, 6) is -1.33. The summed E-state index contributed by atoms with van der Waals surface area (Å²) in [6, 6.07) is 0. The third-order valence-electron chi connectivity index (χ3n) is 1.96. The molecule has 100 valence electrons. The maximum absolute atomic E-state index is 11.7. The lowest BCUT2D eigenvalue weighted by molar-refractivity contribution is -0.139. The van der Waals surface area contributed by atoms with Gasteiger partial charge in [-0.05, 0) is 31.9 Å². The largest absolute Gasteiger partial charge is 0.478 e. The van der Waals surface area contributed by atoms with Crippen LogP contribution in [0.15, 0.2) is 35.5 Å². The first-order chi connectivity index (χ1) is 8.38. The van der Waals surface area contributed by atoms with Crippen molar-refractivity contribution in [3.05, 3.63) is 35.5 Å². The summed E-state index contributed by atoms with van der Waals surface area (Å²) < 4.78 is 5.06. The predicted molar refractivity (Wildman–Crippen MR) is 70.1 cm³/mol. The van der Waals surface area contributed by atoms with E-state index in [0.29, 0.717) is 6.61 Å². The van der Waals surface area contributed by atoms with E-state index in [1.807, 2.05) is 13.8 Å². The van der Waals surface area contributed by atoms with E-state index in [4.69, 9.17) is 9.84 Å². The van der Waals surface area contributed by atoms with E-state index < -0.39 is 11.9 Å². The summed E-state index contributed by atoms with van der Waals surface area (Å²) in [5.41, 5.74) is 0.320. The van der Waals surface area contributed by atoms with Gasteiger partial charge >= 0.3 is 11.9 Å².